The Hall–Kier alpha value is -1.55. The molecule has 0 saturated carbocycles. The zero-order valence-electron chi connectivity index (χ0n) is 11.1. The van der Waals surface area contributed by atoms with E-state index in [9.17, 15) is 0 Å². The van der Waals surface area contributed by atoms with Crippen LogP contribution in [0.2, 0.25) is 0 Å². The maximum atomic E-state index is 5.34. The fourth-order valence-corrected chi connectivity index (χ4v) is 1.92. The van der Waals surface area contributed by atoms with Crippen molar-refractivity contribution in [2.45, 2.75) is 39.3 Å². The number of aromatic nitrogens is 2. The molecule has 0 spiro atoms. The van der Waals surface area contributed by atoms with Gasteiger partial charge in [-0.15, -0.1) is 0 Å². The first kappa shape index (κ1) is 12.9. The summed E-state index contributed by atoms with van der Waals surface area (Å²) in [6, 6.07) is 4.40. The number of hydrogen-bond acceptors (Lipinski definition) is 3. The smallest absolute Gasteiger partial charge is 0.103 e. The lowest BCUT2D eigenvalue weighted by Crippen LogP contribution is -2.12. The van der Waals surface area contributed by atoms with Crippen LogP contribution in [0.3, 0.4) is 0 Å². The first-order valence-electron chi connectivity index (χ1n) is 6.55. The van der Waals surface area contributed by atoms with Crippen LogP contribution in [-0.2, 0) is 13.0 Å². The fourth-order valence-electron chi connectivity index (χ4n) is 1.92. The molecule has 4 nitrogen and oxygen atoms in total. The van der Waals surface area contributed by atoms with Crippen molar-refractivity contribution < 1.29 is 4.42 Å². The van der Waals surface area contributed by atoms with Gasteiger partial charge in [0.1, 0.15) is 5.76 Å². The van der Waals surface area contributed by atoms with Gasteiger partial charge in [-0.25, -0.2) is 4.98 Å². The zero-order chi connectivity index (χ0) is 12.8. The topological polar surface area (TPSA) is 43.0 Å². The lowest BCUT2D eigenvalue weighted by molar-refractivity contribution is 0.452. The van der Waals surface area contributed by atoms with E-state index in [2.05, 4.69) is 34.9 Å². The molecule has 1 N–H and O–H groups in total. The average molecular weight is 247 g/mol. The Kier molecular flexibility index (Phi) is 4.59. The van der Waals surface area contributed by atoms with Crippen LogP contribution < -0.4 is 5.32 Å². The molecule has 18 heavy (non-hydrogen) atoms. The molecule has 1 unspecified atom stereocenters. The molecular weight excluding hydrogens is 226 g/mol. The highest BCUT2D eigenvalue weighted by molar-refractivity contribution is 5.00. The van der Waals surface area contributed by atoms with E-state index in [0.29, 0.717) is 6.04 Å². The number of imidazole rings is 1. The number of nitrogens with one attached hydrogen (secondary N) is 1. The van der Waals surface area contributed by atoms with Crippen LogP contribution in [0.1, 0.15) is 37.8 Å². The van der Waals surface area contributed by atoms with Gasteiger partial charge in [-0.05, 0) is 32.0 Å². The second-order valence-corrected chi connectivity index (χ2v) is 4.56. The summed E-state index contributed by atoms with van der Waals surface area (Å²) in [6.07, 6.45) is 7.79. The predicted molar refractivity (Wildman–Crippen MR) is 71.3 cm³/mol. The summed E-state index contributed by atoms with van der Waals surface area (Å²) in [5, 5.41) is 3.28. The van der Waals surface area contributed by atoms with E-state index in [-0.39, 0.29) is 0 Å². The van der Waals surface area contributed by atoms with Crippen LogP contribution in [-0.4, -0.2) is 16.1 Å². The van der Waals surface area contributed by atoms with Crippen LogP contribution >= 0.6 is 0 Å². The molecule has 0 radical (unpaired) electrons. The van der Waals surface area contributed by atoms with Crippen molar-refractivity contribution in [3.63, 3.8) is 0 Å². The van der Waals surface area contributed by atoms with Crippen molar-refractivity contribution in [2.24, 2.45) is 0 Å². The molecule has 4 heteroatoms. The maximum absolute atomic E-state index is 5.34. The van der Waals surface area contributed by atoms with E-state index in [1.165, 1.54) is 0 Å². The van der Waals surface area contributed by atoms with Crippen LogP contribution in [0.4, 0.5) is 0 Å². The Morgan fingerprint density at radius 2 is 2.39 bits per heavy atom. The van der Waals surface area contributed by atoms with Gasteiger partial charge in [0, 0.05) is 25.2 Å². The van der Waals surface area contributed by atoms with Gasteiger partial charge in [-0.1, -0.05) is 6.92 Å². The number of nitrogens with zero attached hydrogens (tertiary/aromatic N) is 2. The van der Waals surface area contributed by atoms with Gasteiger partial charge in [0.2, 0.25) is 0 Å². The quantitative estimate of drug-likeness (QED) is 0.818. The molecule has 1 atom stereocenters. The first-order chi connectivity index (χ1) is 8.79. The van der Waals surface area contributed by atoms with Crippen molar-refractivity contribution in [1.29, 1.82) is 0 Å². The predicted octanol–water partition coefficient (Wildman–Crippen LogP) is 2.78. The minimum atomic E-state index is 0.443. The molecule has 0 saturated heterocycles. The van der Waals surface area contributed by atoms with E-state index in [0.717, 1.165) is 37.4 Å². The Bertz CT molecular complexity index is 447. The molecule has 0 aliphatic carbocycles. The molecule has 0 amide bonds. The minimum Gasteiger partial charge on any atom is -0.469 e. The van der Waals surface area contributed by atoms with Crippen molar-refractivity contribution in [3.8, 4) is 0 Å². The summed E-state index contributed by atoms with van der Waals surface area (Å²) >= 11 is 0. The van der Waals surface area contributed by atoms with Crippen molar-refractivity contribution >= 4 is 0 Å². The van der Waals surface area contributed by atoms with Gasteiger partial charge in [0.15, 0.2) is 0 Å². The number of furan rings is 1. The Morgan fingerprint density at radius 3 is 3.11 bits per heavy atom. The van der Waals surface area contributed by atoms with Gasteiger partial charge in [0.05, 0.1) is 18.3 Å². The fraction of sp³-hybridized carbons (Fsp3) is 0.500. The Labute approximate surface area is 108 Å². The van der Waals surface area contributed by atoms with Crippen LogP contribution in [0.5, 0.6) is 0 Å². The Morgan fingerprint density at radius 1 is 1.50 bits per heavy atom. The van der Waals surface area contributed by atoms with Gasteiger partial charge >= 0.3 is 0 Å². The van der Waals surface area contributed by atoms with Crippen LogP contribution in [0, 0.1) is 0 Å². The number of aryl methyl sites for hydroxylation is 1. The zero-order valence-corrected chi connectivity index (χ0v) is 11.1. The molecule has 2 aromatic heterocycles. The molecule has 0 aliphatic rings. The normalized spacial score (nSPS) is 12.8. The molecule has 98 valence electrons. The molecule has 0 bridgehead atoms. The second-order valence-electron chi connectivity index (χ2n) is 4.56. The third kappa shape index (κ3) is 3.47. The minimum absolute atomic E-state index is 0.443. The van der Waals surface area contributed by atoms with Gasteiger partial charge in [-0.3, -0.25) is 0 Å². The van der Waals surface area contributed by atoms with Crippen molar-refractivity contribution in [3.05, 3.63) is 42.4 Å². The highest BCUT2D eigenvalue weighted by Gasteiger charge is 2.07. The highest BCUT2D eigenvalue weighted by Crippen LogP contribution is 2.15. The van der Waals surface area contributed by atoms with Gasteiger partial charge in [0.25, 0.3) is 0 Å². The highest BCUT2D eigenvalue weighted by atomic mass is 16.3. The third-order valence-corrected chi connectivity index (χ3v) is 3.11. The molecule has 2 heterocycles. The maximum Gasteiger partial charge on any atom is 0.103 e. The second kappa shape index (κ2) is 6.40. The molecule has 0 aliphatic heterocycles. The summed E-state index contributed by atoms with van der Waals surface area (Å²) in [6.45, 7) is 6.12. The van der Waals surface area contributed by atoms with E-state index in [1.54, 1.807) is 6.26 Å². The van der Waals surface area contributed by atoms with Gasteiger partial charge in [-0.2, -0.15) is 0 Å². The summed E-state index contributed by atoms with van der Waals surface area (Å²) in [5.74, 6) is 1.05. The summed E-state index contributed by atoms with van der Waals surface area (Å²) in [4.78, 5) is 4.40. The molecular formula is C14H21N3O. The SMILES string of the molecule is CCNCc1cn(C(C)CCc2ccco2)cn1. The number of rotatable bonds is 7. The Balaban J connectivity index is 1.84. The van der Waals surface area contributed by atoms with Crippen molar-refractivity contribution in [2.75, 3.05) is 6.54 Å². The van der Waals surface area contributed by atoms with E-state index < -0.39 is 0 Å². The molecule has 0 aromatic carbocycles. The first-order valence-corrected chi connectivity index (χ1v) is 6.55. The van der Waals surface area contributed by atoms with Gasteiger partial charge < -0.3 is 14.3 Å². The third-order valence-electron chi connectivity index (χ3n) is 3.11. The van der Waals surface area contributed by atoms with E-state index in [1.807, 2.05) is 18.5 Å². The summed E-state index contributed by atoms with van der Waals surface area (Å²) in [5.41, 5.74) is 1.10. The van der Waals surface area contributed by atoms with Crippen LogP contribution in [0.25, 0.3) is 0 Å². The van der Waals surface area contributed by atoms with Crippen molar-refractivity contribution in [1.82, 2.24) is 14.9 Å². The average Bonchev–Trinajstić information content (AvgIpc) is 3.04. The standard InChI is InChI=1S/C14H21N3O/c1-3-15-9-13-10-17(11-16-13)12(2)6-7-14-5-4-8-18-14/h4-5,8,10-12,15H,3,6-7,9H2,1-2H3. The van der Waals surface area contributed by atoms with Crippen LogP contribution in [0.15, 0.2) is 35.3 Å². The molecule has 2 aromatic rings. The summed E-state index contributed by atoms with van der Waals surface area (Å²) in [7, 11) is 0. The molecule has 0 fully saturated rings. The summed E-state index contributed by atoms with van der Waals surface area (Å²) < 4.78 is 7.52. The van der Waals surface area contributed by atoms with E-state index >= 15 is 0 Å². The lowest BCUT2D eigenvalue weighted by Gasteiger charge is -2.11. The number of hydrogen-bond donors (Lipinski definition) is 1. The van der Waals surface area contributed by atoms with E-state index in [4.69, 9.17) is 4.42 Å². The largest absolute Gasteiger partial charge is 0.469 e. The lowest BCUT2D eigenvalue weighted by atomic mass is 10.1. The molecule has 2 rings (SSSR count). The monoisotopic (exact) mass is 247 g/mol.